The molecule has 0 radical (unpaired) electrons. The van der Waals surface area contributed by atoms with E-state index in [-0.39, 0.29) is 18.4 Å². The van der Waals surface area contributed by atoms with E-state index >= 15 is 0 Å². The van der Waals surface area contributed by atoms with Crippen molar-refractivity contribution in [2.75, 3.05) is 37.6 Å². The second-order valence-corrected chi connectivity index (χ2v) is 8.27. The maximum atomic E-state index is 13.2. The van der Waals surface area contributed by atoms with Crippen LogP contribution in [-0.2, 0) is 22.4 Å². The number of hydrogen-bond acceptors (Lipinski definition) is 6. The molecule has 1 aliphatic carbocycles. The number of imide groups is 1. The Labute approximate surface area is 180 Å². The molecule has 3 aliphatic rings. The van der Waals surface area contributed by atoms with E-state index in [1.54, 1.807) is 23.4 Å². The molecule has 1 spiro atoms. The van der Waals surface area contributed by atoms with E-state index in [1.807, 2.05) is 23.1 Å². The minimum absolute atomic E-state index is 0.217. The van der Waals surface area contributed by atoms with Gasteiger partial charge in [0.25, 0.3) is 5.91 Å². The molecule has 2 aliphatic heterocycles. The Bertz CT molecular complexity index is 1020. The molecule has 2 saturated heterocycles. The Morgan fingerprint density at radius 3 is 2.45 bits per heavy atom. The fourth-order valence-electron chi connectivity index (χ4n) is 4.69. The van der Waals surface area contributed by atoms with Crippen molar-refractivity contribution in [1.82, 2.24) is 25.1 Å². The van der Waals surface area contributed by atoms with Crippen LogP contribution >= 0.6 is 0 Å². The first-order chi connectivity index (χ1) is 15.1. The number of fused-ring (bicyclic) bond motifs is 1. The van der Waals surface area contributed by atoms with Crippen molar-refractivity contribution in [3.8, 4) is 0 Å². The number of piperazine rings is 1. The number of nitrogens with zero attached hydrogens (tertiary/aromatic N) is 5. The van der Waals surface area contributed by atoms with Crippen LogP contribution in [0.2, 0.25) is 0 Å². The smallest absolute Gasteiger partial charge is 0.325 e. The summed E-state index contributed by atoms with van der Waals surface area (Å²) in [5.41, 5.74) is 1.36. The molecule has 1 atom stereocenters. The van der Waals surface area contributed by atoms with Crippen LogP contribution in [0.25, 0.3) is 0 Å². The first kappa shape index (κ1) is 19.5. The highest BCUT2D eigenvalue weighted by Crippen LogP contribution is 2.33. The highest BCUT2D eigenvalue weighted by molar-refractivity contribution is 6.09. The molecule has 0 saturated carbocycles. The molecular formula is C22H24N6O3. The van der Waals surface area contributed by atoms with Gasteiger partial charge < -0.3 is 15.1 Å². The van der Waals surface area contributed by atoms with Crippen molar-refractivity contribution in [3.05, 3.63) is 53.9 Å². The zero-order chi connectivity index (χ0) is 21.4. The number of rotatable bonds is 3. The standard InChI is InChI=1S/C22H24N6O3/c29-18(26-10-12-27(13-11-26)20-23-8-3-9-24-20)15-28-19(30)22(25-21(28)31)7-6-16-4-1-2-5-17(16)14-22/h1-5,8-9H,6-7,10-15H2,(H,25,31). The summed E-state index contributed by atoms with van der Waals surface area (Å²) in [6.07, 6.45) is 5.13. The Balaban J connectivity index is 1.22. The number of benzene rings is 1. The summed E-state index contributed by atoms with van der Waals surface area (Å²) >= 11 is 0. The molecule has 5 rings (SSSR count). The molecule has 9 nitrogen and oxygen atoms in total. The number of aryl methyl sites for hydroxylation is 1. The predicted octanol–water partition coefficient (Wildman–Crippen LogP) is 0.605. The van der Waals surface area contributed by atoms with E-state index in [9.17, 15) is 14.4 Å². The summed E-state index contributed by atoms with van der Waals surface area (Å²) in [7, 11) is 0. The summed E-state index contributed by atoms with van der Waals surface area (Å²) in [5.74, 6) is 0.130. The van der Waals surface area contributed by atoms with Gasteiger partial charge in [-0.15, -0.1) is 0 Å². The Morgan fingerprint density at radius 2 is 1.71 bits per heavy atom. The van der Waals surface area contributed by atoms with Crippen LogP contribution < -0.4 is 10.2 Å². The third-order valence-electron chi connectivity index (χ3n) is 6.44. The highest BCUT2D eigenvalue weighted by atomic mass is 16.2. The van der Waals surface area contributed by atoms with Crippen molar-refractivity contribution in [3.63, 3.8) is 0 Å². The molecule has 2 fully saturated rings. The van der Waals surface area contributed by atoms with Gasteiger partial charge in [-0.2, -0.15) is 0 Å². The third kappa shape index (κ3) is 3.49. The van der Waals surface area contributed by atoms with Crippen molar-refractivity contribution < 1.29 is 14.4 Å². The van der Waals surface area contributed by atoms with Gasteiger partial charge in [0.15, 0.2) is 0 Å². The molecule has 3 heterocycles. The van der Waals surface area contributed by atoms with E-state index in [4.69, 9.17) is 0 Å². The lowest BCUT2D eigenvalue weighted by Crippen LogP contribution is -2.53. The van der Waals surface area contributed by atoms with Gasteiger partial charge in [0, 0.05) is 45.0 Å². The van der Waals surface area contributed by atoms with Crippen LogP contribution in [0, 0.1) is 0 Å². The molecule has 1 N–H and O–H groups in total. The first-order valence-corrected chi connectivity index (χ1v) is 10.6. The Kier molecular flexibility index (Phi) is 4.80. The number of hydrogen-bond donors (Lipinski definition) is 1. The SMILES string of the molecule is O=C(CN1C(=O)NC2(CCc3ccccc3C2)C1=O)N1CCN(c2ncccn2)CC1. The minimum Gasteiger partial charge on any atom is -0.338 e. The summed E-state index contributed by atoms with van der Waals surface area (Å²) < 4.78 is 0. The van der Waals surface area contributed by atoms with E-state index < -0.39 is 11.6 Å². The van der Waals surface area contributed by atoms with Crippen molar-refractivity contribution in [1.29, 1.82) is 0 Å². The molecule has 0 bridgehead atoms. The molecule has 1 aromatic carbocycles. The van der Waals surface area contributed by atoms with E-state index in [0.29, 0.717) is 45.0 Å². The lowest BCUT2D eigenvalue weighted by atomic mass is 9.78. The zero-order valence-electron chi connectivity index (χ0n) is 17.2. The number of urea groups is 1. The van der Waals surface area contributed by atoms with Crippen LogP contribution in [0.3, 0.4) is 0 Å². The van der Waals surface area contributed by atoms with Gasteiger partial charge in [0.1, 0.15) is 12.1 Å². The fourth-order valence-corrected chi connectivity index (χ4v) is 4.69. The molecular weight excluding hydrogens is 396 g/mol. The van der Waals surface area contributed by atoms with Gasteiger partial charge in [-0.05, 0) is 30.0 Å². The quantitative estimate of drug-likeness (QED) is 0.731. The lowest BCUT2D eigenvalue weighted by Gasteiger charge is -2.35. The lowest BCUT2D eigenvalue weighted by molar-refractivity contribution is -0.139. The Hall–Kier alpha value is -3.49. The maximum absolute atomic E-state index is 13.2. The van der Waals surface area contributed by atoms with Crippen LogP contribution in [-0.4, -0.2) is 75.9 Å². The van der Waals surface area contributed by atoms with Crippen molar-refractivity contribution >= 4 is 23.8 Å². The normalized spacial score (nSPS) is 23.2. The first-order valence-electron chi connectivity index (χ1n) is 10.6. The molecule has 2 aromatic rings. The van der Waals surface area contributed by atoms with Crippen LogP contribution in [0.4, 0.5) is 10.7 Å². The third-order valence-corrected chi connectivity index (χ3v) is 6.44. The average Bonchev–Trinajstić information content (AvgIpc) is 3.03. The van der Waals surface area contributed by atoms with Gasteiger partial charge in [0.2, 0.25) is 11.9 Å². The van der Waals surface area contributed by atoms with Gasteiger partial charge in [0.05, 0.1) is 0 Å². The van der Waals surface area contributed by atoms with Gasteiger partial charge >= 0.3 is 6.03 Å². The zero-order valence-corrected chi connectivity index (χ0v) is 17.2. The molecule has 9 heteroatoms. The van der Waals surface area contributed by atoms with Gasteiger partial charge in [-0.3, -0.25) is 14.5 Å². The van der Waals surface area contributed by atoms with E-state index in [1.165, 1.54) is 5.56 Å². The summed E-state index contributed by atoms with van der Waals surface area (Å²) in [6.45, 7) is 1.99. The number of carbonyl (C=O) groups excluding carboxylic acids is 3. The fraction of sp³-hybridized carbons (Fsp3) is 0.409. The van der Waals surface area contributed by atoms with Crippen LogP contribution in [0.5, 0.6) is 0 Å². The monoisotopic (exact) mass is 420 g/mol. The van der Waals surface area contributed by atoms with Crippen molar-refractivity contribution in [2.24, 2.45) is 0 Å². The van der Waals surface area contributed by atoms with E-state index in [0.717, 1.165) is 16.9 Å². The van der Waals surface area contributed by atoms with E-state index in [2.05, 4.69) is 21.4 Å². The van der Waals surface area contributed by atoms with Gasteiger partial charge in [-0.1, -0.05) is 24.3 Å². The van der Waals surface area contributed by atoms with Crippen LogP contribution in [0.15, 0.2) is 42.7 Å². The molecule has 1 unspecified atom stereocenters. The molecule has 4 amide bonds. The molecule has 160 valence electrons. The Morgan fingerprint density at radius 1 is 1.00 bits per heavy atom. The second-order valence-electron chi connectivity index (χ2n) is 8.27. The topological polar surface area (TPSA) is 98.7 Å². The number of nitrogens with one attached hydrogen (secondary N) is 1. The number of carbonyl (C=O) groups is 3. The summed E-state index contributed by atoms with van der Waals surface area (Å²) in [6, 6.07) is 9.28. The largest absolute Gasteiger partial charge is 0.338 e. The summed E-state index contributed by atoms with van der Waals surface area (Å²) in [5, 5.41) is 2.89. The highest BCUT2D eigenvalue weighted by Gasteiger charge is 2.52. The number of anilines is 1. The minimum atomic E-state index is -0.935. The molecule has 31 heavy (non-hydrogen) atoms. The van der Waals surface area contributed by atoms with Crippen molar-refractivity contribution in [2.45, 2.75) is 24.8 Å². The average molecular weight is 420 g/mol. The molecule has 1 aromatic heterocycles. The number of amides is 4. The van der Waals surface area contributed by atoms with Gasteiger partial charge in [-0.25, -0.2) is 14.8 Å². The second kappa shape index (κ2) is 7.64. The predicted molar refractivity (Wildman–Crippen MR) is 112 cm³/mol. The maximum Gasteiger partial charge on any atom is 0.325 e. The van der Waals surface area contributed by atoms with Crippen LogP contribution in [0.1, 0.15) is 17.5 Å². The number of aromatic nitrogens is 2. The summed E-state index contributed by atoms with van der Waals surface area (Å²) in [4.78, 5) is 52.0.